The van der Waals surface area contributed by atoms with Gasteiger partial charge in [-0.25, -0.2) is 4.79 Å². The lowest BCUT2D eigenvalue weighted by atomic mass is 10.2. The quantitative estimate of drug-likeness (QED) is 0.797. The van der Waals surface area contributed by atoms with Gasteiger partial charge in [0, 0.05) is 19.3 Å². The van der Waals surface area contributed by atoms with Crippen LogP contribution in [-0.2, 0) is 17.8 Å². The summed E-state index contributed by atoms with van der Waals surface area (Å²) in [5.41, 5.74) is 1.67. The summed E-state index contributed by atoms with van der Waals surface area (Å²) in [5.74, 6) is 0.826. The Morgan fingerprint density at radius 1 is 1.38 bits per heavy atom. The number of benzene rings is 1. The summed E-state index contributed by atoms with van der Waals surface area (Å²) < 4.78 is 13.0. The maximum absolute atomic E-state index is 12.0. The second-order valence-electron chi connectivity index (χ2n) is 6.70. The highest BCUT2D eigenvalue weighted by molar-refractivity contribution is 5.88. The maximum atomic E-state index is 12.0. The molecule has 0 aliphatic carbocycles. The van der Waals surface area contributed by atoms with Gasteiger partial charge in [-0.15, -0.1) is 0 Å². The number of rotatable bonds is 7. The molecular weight excluding hydrogens is 332 g/mol. The van der Waals surface area contributed by atoms with E-state index in [0.29, 0.717) is 18.8 Å². The first-order valence-electron chi connectivity index (χ1n) is 9.03. The van der Waals surface area contributed by atoms with Crippen molar-refractivity contribution < 1.29 is 14.3 Å². The Hall–Kier alpha value is -2.54. The van der Waals surface area contributed by atoms with Crippen LogP contribution >= 0.6 is 0 Å². The van der Waals surface area contributed by atoms with E-state index in [1.54, 1.807) is 10.9 Å². The van der Waals surface area contributed by atoms with E-state index in [2.05, 4.69) is 15.7 Å². The van der Waals surface area contributed by atoms with Crippen molar-refractivity contribution in [2.75, 3.05) is 11.9 Å². The van der Waals surface area contributed by atoms with Crippen molar-refractivity contribution in [3.8, 4) is 5.75 Å². The predicted molar refractivity (Wildman–Crippen MR) is 99.3 cm³/mol. The lowest BCUT2D eigenvalue weighted by Crippen LogP contribution is -2.28. The molecule has 0 bridgehead atoms. The van der Waals surface area contributed by atoms with Crippen molar-refractivity contribution in [1.82, 2.24) is 15.1 Å². The molecule has 26 heavy (non-hydrogen) atoms. The van der Waals surface area contributed by atoms with Gasteiger partial charge in [0.2, 0.25) is 0 Å². The van der Waals surface area contributed by atoms with Crippen LogP contribution < -0.4 is 15.4 Å². The van der Waals surface area contributed by atoms with E-state index >= 15 is 0 Å². The molecule has 2 N–H and O–H groups in total. The van der Waals surface area contributed by atoms with Gasteiger partial charge in [0.05, 0.1) is 30.6 Å². The molecule has 1 aromatic heterocycles. The molecule has 1 saturated heterocycles. The summed E-state index contributed by atoms with van der Waals surface area (Å²) in [4.78, 5) is 12.0. The number of amides is 2. The molecule has 7 heteroatoms. The first-order chi connectivity index (χ1) is 12.6. The second kappa shape index (κ2) is 8.71. The fourth-order valence-corrected chi connectivity index (χ4v) is 2.84. The van der Waals surface area contributed by atoms with E-state index < -0.39 is 0 Å². The summed E-state index contributed by atoms with van der Waals surface area (Å²) in [6.45, 7) is 5.96. The average molecular weight is 358 g/mol. The lowest BCUT2D eigenvalue weighted by molar-refractivity contribution is 0.0940. The van der Waals surface area contributed by atoms with E-state index in [1.807, 2.05) is 44.3 Å². The van der Waals surface area contributed by atoms with Crippen LogP contribution in [0.2, 0.25) is 0 Å². The molecule has 1 aliphatic rings. The number of anilines is 1. The minimum atomic E-state index is -0.260. The van der Waals surface area contributed by atoms with Crippen LogP contribution in [0.25, 0.3) is 0 Å². The van der Waals surface area contributed by atoms with Crippen molar-refractivity contribution in [3.63, 3.8) is 0 Å². The minimum Gasteiger partial charge on any atom is -0.491 e. The summed E-state index contributed by atoms with van der Waals surface area (Å²) in [6, 6.07) is 7.44. The topological polar surface area (TPSA) is 77.4 Å². The van der Waals surface area contributed by atoms with E-state index in [4.69, 9.17) is 9.47 Å². The number of urea groups is 1. The highest BCUT2D eigenvalue weighted by Gasteiger charge is 2.16. The first kappa shape index (κ1) is 18.3. The summed E-state index contributed by atoms with van der Waals surface area (Å²) >= 11 is 0. The monoisotopic (exact) mass is 358 g/mol. The molecule has 0 spiro atoms. The number of ether oxygens (including phenoxy) is 2. The van der Waals surface area contributed by atoms with E-state index in [9.17, 15) is 4.79 Å². The molecule has 0 saturated carbocycles. The molecule has 2 aromatic rings. The molecule has 1 aliphatic heterocycles. The Bertz CT molecular complexity index is 706. The van der Waals surface area contributed by atoms with Gasteiger partial charge in [-0.05, 0) is 44.4 Å². The minimum absolute atomic E-state index is 0.144. The van der Waals surface area contributed by atoms with Gasteiger partial charge in [0.25, 0.3) is 0 Å². The van der Waals surface area contributed by atoms with Gasteiger partial charge in [0.1, 0.15) is 5.75 Å². The highest BCUT2D eigenvalue weighted by atomic mass is 16.5. The number of nitrogens with one attached hydrogen (secondary N) is 2. The summed E-state index contributed by atoms with van der Waals surface area (Å²) in [6.07, 6.45) is 5.99. The third kappa shape index (κ3) is 5.49. The first-order valence-corrected chi connectivity index (χ1v) is 9.03. The molecule has 1 atom stereocenters. The van der Waals surface area contributed by atoms with Crippen LogP contribution in [0, 0.1) is 0 Å². The number of aromatic nitrogens is 2. The molecule has 140 valence electrons. The third-order valence-electron chi connectivity index (χ3n) is 4.05. The Balaban J connectivity index is 1.43. The molecule has 1 aromatic carbocycles. The second-order valence-corrected chi connectivity index (χ2v) is 6.70. The highest BCUT2D eigenvalue weighted by Crippen LogP contribution is 2.15. The Kier molecular flexibility index (Phi) is 6.12. The largest absolute Gasteiger partial charge is 0.491 e. The molecule has 0 radical (unpaired) electrons. The van der Waals surface area contributed by atoms with Crippen molar-refractivity contribution in [2.24, 2.45) is 0 Å². The number of carbonyl (C=O) groups excluding carboxylic acids is 1. The maximum Gasteiger partial charge on any atom is 0.319 e. The number of nitrogens with zero attached hydrogens (tertiary/aromatic N) is 2. The molecule has 7 nitrogen and oxygen atoms in total. The van der Waals surface area contributed by atoms with Crippen LogP contribution in [0.4, 0.5) is 10.5 Å². The molecular formula is C19H26N4O3. The van der Waals surface area contributed by atoms with Gasteiger partial charge in [-0.3, -0.25) is 4.68 Å². The van der Waals surface area contributed by atoms with Gasteiger partial charge in [-0.1, -0.05) is 12.1 Å². The standard InChI is InChI=1S/C19H26N4O3/c1-14(2)26-17-7-5-15(6-8-17)10-20-19(24)22-16-11-21-23(12-16)13-18-4-3-9-25-18/h5-8,11-12,14,18H,3-4,9-10,13H2,1-2H3,(H2,20,22,24). The van der Waals surface area contributed by atoms with Crippen LogP contribution in [0.3, 0.4) is 0 Å². The third-order valence-corrected chi connectivity index (χ3v) is 4.05. The molecule has 3 rings (SSSR count). The fraction of sp³-hybridized carbons (Fsp3) is 0.474. The summed E-state index contributed by atoms with van der Waals surface area (Å²) in [7, 11) is 0. The normalized spacial score (nSPS) is 16.7. The van der Waals surface area contributed by atoms with Crippen molar-refractivity contribution in [1.29, 1.82) is 0 Å². The fourth-order valence-electron chi connectivity index (χ4n) is 2.84. The van der Waals surface area contributed by atoms with E-state index in [1.165, 1.54) is 0 Å². The Labute approximate surface area is 153 Å². The molecule has 1 fully saturated rings. The van der Waals surface area contributed by atoms with Crippen LogP contribution in [0.5, 0.6) is 5.75 Å². The molecule has 2 amide bonds. The zero-order chi connectivity index (χ0) is 18.4. The summed E-state index contributed by atoms with van der Waals surface area (Å²) in [5, 5.41) is 9.90. The smallest absolute Gasteiger partial charge is 0.319 e. The lowest BCUT2D eigenvalue weighted by Gasteiger charge is -2.10. The SMILES string of the molecule is CC(C)Oc1ccc(CNC(=O)Nc2cnn(CC3CCCO3)c2)cc1. The Morgan fingerprint density at radius 2 is 2.19 bits per heavy atom. The molecule has 2 heterocycles. The van der Waals surface area contributed by atoms with Gasteiger partial charge >= 0.3 is 6.03 Å². The van der Waals surface area contributed by atoms with Crippen molar-refractivity contribution in [3.05, 3.63) is 42.2 Å². The predicted octanol–water partition coefficient (Wildman–Crippen LogP) is 3.17. The van der Waals surface area contributed by atoms with E-state index in [0.717, 1.165) is 30.8 Å². The Morgan fingerprint density at radius 3 is 2.88 bits per heavy atom. The van der Waals surface area contributed by atoms with Gasteiger partial charge in [0.15, 0.2) is 0 Å². The number of carbonyl (C=O) groups is 1. The van der Waals surface area contributed by atoms with Crippen LogP contribution in [0.1, 0.15) is 32.3 Å². The average Bonchev–Trinajstić information content (AvgIpc) is 3.26. The van der Waals surface area contributed by atoms with Crippen LogP contribution in [-0.4, -0.2) is 34.6 Å². The van der Waals surface area contributed by atoms with E-state index in [-0.39, 0.29) is 18.2 Å². The number of hydrogen-bond donors (Lipinski definition) is 2. The zero-order valence-electron chi connectivity index (χ0n) is 15.3. The van der Waals surface area contributed by atoms with Gasteiger partial charge < -0.3 is 20.1 Å². The number of hydrogen-bond acceptors (Lipinski definition) is 4. The van der Waals surface area contributed by atoms with Crippen LogP contribution in [0.15, 0.2) is 36.7 Å². The molecule has 1 unspecified atom stereocenters. The zero-order valence-corrected chi connectivity index (χ0v) is 15.3. The van der Waals surface area contributed by atoms with Crippen molar-refractivity contribution >= 4 is 11.7 Å². The van der Waals surface area contributed by atoms with Gasteiger partial charge in [-0.2, -0.15) is 5.10 Å². The van der Waals surface area contributed by atoms with Crippen molar-refractivity contribution in [2.45, 2.75) is 52.0 Å².